The third-order valence-electron chi connectivity index (χ3n) is 2.41. The fourth-order valence-electron chi connectivity index (χ4n) is 1.55. The van der Waals surface area contributed by atoms with Gasteiger partial charge >= 0.3 is 0 Å². The van der Waals surface area contributed by atoms with Crippen LogP contribution in [0, 0.1) is 5.92 Å². The minimum Gasteiger partial charge on any atom is -0.409 e. The zero-order valence-electron chi connectivity index (χ0n) is 11.9. The van der Waals surface area contributed by atoms with Crippen LogP contribution >= 0.6 is 0 Å². The minimum atomic E-state index is -2.53. The fraction of sp³-hybridized carbons (Fsp3) is 0.833. The maximum atomic E-state index is 11.9. The molecular formula is C12H23F2N3O3. The summed E-state index contributed by atoms with van der Waals surface area (Å²) < 4.78 is 28.4. The summed E-state index contributed by atoms with van der Waals surface area (Å²) in [7, 11) is 0. The van der Waals surface area contributed by atoms with Gasteiger partial charge in [0, 0.05) is 19.5 Å². The molecule has 0 aliphatic heterocycles. The summed E-state index contributed by atoms with van der Waals surface area (Å²) in [6, 6.07) is 0. The standard InChI is InChI=1S/C12H23F2N3O3/c1-9(2)7-17(5-3-11(15)16-19)12(18)4-6-20-8-10(13)14/h9-10,19H,3-8H2,1-2H3,(H2,15,16). The van der Waals surface area contributed by atoms with Gasteiger partial charge in [0.25, 0.3) is 6.43 Å². The van der Waals surface area contributed by atoms with Gasteiger partial charge in [-0.1, -0.05) is 19.0 Å². The molecule has 6 nitrogen and oxygen atoms in total. The molecule has 0 aliphatic rings. The number of halogens is 2. The van der Waals surface area contributed by atoms with Gasteiger partial charge in [0.2, 0.25) is 5.91 Å². The van der Waals surface area contributed by atoms with E-state index in [2.05, 4.69) is 9.89 Å². The number of hydrogen-bond acceptors (Lipinski definition) is 4. The molecule has 0 unspecified atom stereocenters. The Hall–Kier alpha value is -1.44. The number of alkyl halides is 2. The van der Waals surface area contributed by atoms with Crippen molar-refractivity contribution in [2.45, 2.75) is 33.1 Å². The summed E-state index contributed by atoms with van der Waals surface area (Å²) in [6.45, 7) is 4.05. The number of hydrogen-bond donors (Lipinski definition) is 2. The zero-order valence-corrected chi connectivity index (χ0v) is 11.9. The summed E-state index contributed by atoms with van der Waals surface area (Å²) >= 11 is 0. The molecule has 0 aromatic heterocycles. The highest BCUT2D eigenvalue weighted by Crippen LogP contribution is 2.04. The Morgan fingerprint density at radius 1 is 1.40 bits per heavy atom. The fourth-order valence-corrected chi connectivity index (χ4v) is 1.55. The highest BCUT2D eigenvalue weighted by atomic mass is 19.3. The second-order valence-corrected chi connectivity index (χ2v) is 4.79. The lowest BCUT2D eigenvalue weighted by Crippen LogP contribution is -2.37. The van der Waals surface area contributed by atoms with Gasteiger partial charge in [-0.25, -0.2) is 8.78 Å². The highest BCUT2D eigenvalue weighted by Gasteiger charge is 2.15. The van der Waals surface area contributed by atoms with Crippen molar-refractivity contribution < 1.29 is 23.5 Å². The van der Waals surface area contributed by atoms with Crippen molar-refractivity contribution in [1.82, 2.24) is 4.90 Å². The van der Waals surface area contributed by atoms with Crippen molar-refractivity contribution in [3.63, 3.8) is 0 Å². The second kappa shape index (κ2) is 10.4. The van der Waals surface area contributed by atoms with Crippen molar-refractivity contribution >= 4 is 11.7 Å². The lowest BCUT2D eigenvalue weighted by atomic mass is 10.2. The molecule has 0 heterocycles. The summed E-state index contributed by atoms with van der Waals surface area (Å²) in [5.41, 5.74) is 5.36. The molecule has 0 aliphatic carbocycles. The van der Waals surface area contributed by atoms with Crippen LogP contribution in [0.15, 0.2) is 5.16 Å². The first-order chi connectivity index (χ1) is 9.36. The molecule has 3 N–H and O–H groups in total. The lowest BCUT2D eigenvalue weighted by Gasteiger charge is -2.24. The van der Waals surface area contributed by atoms with Crippen LogP contribution in [-0.4, -0.2) is 54.6 Å². The molecule has 0 fully saturated rings. The van der Waals surface area contributed by atoms with Gasteiger partial charge in [0.1, 0.15) is 12.4 Å². The maximum Gasteiger partial charge on any atom is 0.261 e. The summed E-state index contributed by atoms with van der Waals surface area (Å²) in [6.07, 6.45) is -2.24. The SMILES string of the molecule is CC(C)CN(CCC(N)=NO)C(=O)CCOCC(F)F. The molecule has 0 saturated carbocycles. The van der Waals surface area contributed by atoms with Crippen LogP contribution < -0.4 is 5.73 Å². The minimum absolute atomic E-state index is 0.0373. The molecule has 0 rings (SSSR count). The van der Waals surface area contributed by atoms with Crippen molar-refractivity contribution in [3.8, 4) is 0 Å². The van der Waals surface area contributed by atoms with E-state index in [1.165, 1.54) is 0 Å². The Kier molecular flexibility index (Phi) is 9.61. The predicted octanol–water partition coefficient (Wildman–Crippen LogP) is 1.28. The molecule has 20 heavy (non-hydrogen) atoms. The van der Waals surface area contributed by atoms with Crippen molar-refractivity contribution in [1.29, 1.82) is 0 Å². The number of rotatable bonds is 10. The molecular weight excluding hydrogens is 272 g/mol. The van der Waals surface area contributed by atoms with E-state index in [1.807, 2.05) is 13.8 Å². The third kappa shape index (κ3) is 9.48. The molecule has 0 bridgehead atoms. The van der Waals surface area contributed by atoms with Crippen molar-refractivity contribution in [2.24, 2.45) is 16.8 Å². The smallest absolute Gasteiger partial charge is 0.261 e. The predicted molar refractivity (Wildman–Crippen MR) is 70.9 cm³/mol. The molecule has 8 heteroatoms. The first kappa shape index (κ1) is 18.6. The van der Waals surface area contributed by atoms with Gasteiger partial charge in [0.05, 0.1) is 13.0 Å². The molecule has 0 aromatic rings. The maximum absolute atomic E-state index is 11.9. The number of carbonyl (C=O) groups is 1. The Morgan fingerprint density at radius 2 is 2.05 bits per heavy atom. The molecule has 0 aromatic carbocycles. The highest BCUT2D eigenvalue weighted by molar-refractivity contribution is 5.81. The Balaban J connectivity index is 4.20. The molecule has 0 atom stereocenters. The number of nitrogens with two attached hydrogens (primary N) is 1. The number of nitrogens with zero attached hydrogens (tertiary/aromatic N) is 2. The number of amides is 1. The van der Waals surface area contributed by atoms with Crippen LogP contribution in [0.3, 0.4) is 0 Å². The van der Waals surface area contributed by atoms with Crippen LogP contribution in [-0.2, 0) is 9.53 Å². The quantitative estimate of drug-likeness (QED) is 0.209. The molecule has 0 radical (unpaired) electrons. The van der Waals surface area contributed by atoms with Gasteiger partial charge in [-0.2, -0.15) is 0 Å². The van der Waals surface area contributed by atoms with Gasteiger partial charge in [-0.3, -0.25) is 4.79 Å². The monoisotopic (exact) mass is 295 g/mol. The van der Waals surface area contributed by atoms with Crippen molar-refractivity contribution in [3.05, 3.63) is 0 Å². The Morgan fingerprint density at radius 3 is 2.55 bits per heavy atom. The lowest BCUT2D eigenvalue weighted by molar-refractivity contribution is -0.133. The molecule has 118 valence electrons. The van der Waals surface area contributed by atoms with E-state index in [0.29, 0.717) is 13.1 Å². The normalized spacial score (nSPS) is 12.2. The average Bonchev–Trinajstić information content (AvgIpc) is 2.38. The van der Waals surface area contributed by atoms with E-state index in [-0.39, 0.29) is 37.1 Å². The third-order valence-corrected chi connectivity index (χ3v) is 2.41. The summed E-state index contributed by atoms with van der Waals surface area (Å²) in [5, 5.41) is 11.3. The van der Waals surface area contributed by atoms with Crippen LogP contribution in [0.1, 0.15) is 26.7 Å². The first-order valence-corrected chi connectivity index (χ1v) is 6.46. The van der Waals surface area contributed by atoms with Crippen LogP contribution in [0.4, 0.5) is 8.78 Å². The van der Waals surface area contributed by atoms with Crippen LogP contribution in [0.2, 0.25) is 0 Å². The summed E-state index contributed by atoms with van der Waals surface area (Å²) in [4.78, 5) is 13.5. The topological polar surface area (TPSA) is 88.1 Å². The van der Waals surface area contributed by atoms with Gasteiger partial charge in [-0.05, 0) is 5.92 Å². The van der Waals surface area contributed by atoms with Gasteiger partial charge < -0.3 is 20.6 Å². The first-order valence-electron chi connectivity index (χ1n) is 6.46. The van der Waals surface area contributed by atoms with E-state index in [1.54, 1.807) is 4.90 Å². The van der Waals surface area contributed by atoms with Crippen molar-refractivity contribution in [2.75, 3.05) is 26.3 Å². The molecule has 1 amide bonds. The Bertz CT molecular complexity index is 312. The average molecular weight is 295 g/mol. The number of oxime groups is 1. The number of carbonyl (C=O) groups excluding carboxylic acids is 1. The second-order valence-electron chi connectivity index (χ2n) is 4.79. The van der Waals surface area contributed by atoms with Gasteiger partial charge in [-0.15, -0.1) is 0 Å². The van der Waals surface area contributed by atoms with E-state index < -0.39 is 13.0 Å². The van der Waals surface area contributed by atoms with E-state index in [0.717, 1.165) is 0 Å². The number of amidine groups is 1. The molecule has 0 saturated heterocycles. The molecule has 0 spiro atoms. The largest absolute Gasteiger partial charge is 0.409 e. The summed E-state index contributed by atoms with van der Waals surface area (Å²) in [5.74, 6) is 0.104. The van der Waals surface area contributed by atoms with Gasteiger partial charge in [0.15, 0.2) is 0 Å². The number of ether oxygens (including phenoxy) is 1. The zero-order chi connectivity index (χ0) is 15.5. The van der Waals surface area contributed by atoms with E-state index in [9.17, 15) is 13.6 Å². The Labute approximate surface area is 117 Å². The van der Waals surface area contributed by atoms with Crippen LogP contribution in [0.25, 0.3) is 0 Å². The van der Waals surface area contributed by atoms with Crippen LogP contribution in [0.5, 0.6) is 0 Å². The van der Waals surface area contributed by atoms with E-state index >= 15 is 0 Å². The van der Waals surface area contributed by atoms with E-state index in [4.69, 9.17) is 10.9 Å².